The highest BCUT2D eigenvalue weighted by atomic mass is 16.2. The van der Waals surface area contributed by atoms with Crippen molar-refractivity contribution in [2.45, 2.75) is 43.8 Å². The van der Waals surface area contributed by atoms with Crippen LogP contribution in [0.1, 0.15) is 52.0 Å². The van der Waals surface area contributed by atoms with Gasteiger partial charge in [0.25, 0.3) is 11.8 Å². The molecule has 3 N–H and O–H groups in total. The van der Waals surface area contributed by atoms with E-state index in [2.05, 4.69) is 10.2 Å². The number of nitrogens with one attached hydrogen (secondary N) is 1. The van der Waals surface area contributed by atoms with Crippen molar-refractivity contribution >= 4 is 23.6 Å². The number of piperidine rings is 1. The predicted octanol–water partition coefficient (Wildman–Crippen LogP) is 0.0109. The summed E-state index contributed by atoms with van der Waals surface area (Å²) >= 11 is 0. The third-order valence-corrected chi connectivity index (χ3v) is 6.74. The Balaban J connectivity index is 1.39. The summed E-state index contributed by atoms with van der Waals surface area (Å²) in [6, 6.07) is 4.38. The molecule has 4 fully saturated rings. The van der Waals surface area contributed by atoms with Gasteiger partial charge in [0, 0.05) is 31.6 Å². The van der Waals surface area contributed by atoms with Gasteiger partial charge in [-0.25, -0.2) is 0 Å². The fraction of sp³-hybridized carbons (Fsp3) is 0.500. The maximum Gasteiger partial charge on any atom is 0.262 e. The van der Waals surface area contributed by atoms with Gasteiger partial charge in [-0.1, -0.05) is 6.07 Å². The number of nitrogens with zero attached hydrogens (tertiary/aromatic N) is 2. The van der Waals surface area contributed by atoms with Crippen molar-refractivity contribution in [1.82, 2.24) is 15.1 Å². The number of hydrogen-bond donors (Lipinski definition) is 2. The van der Waals surface area contributed by atoms with Crippen LogP contribution in [-0.4, -0.2) is 58.1 Å². The molecule has 1 aromatic carbocycles. The van der Waals surface area contributed by atoms with E-state index in [0.717, 1.165) is 29.8 Å². The van der Waals surface area contributed by atoms with Crippen molar-refractivity contribution in [3.8, 4) is 0 Å². The normalized spacial score (nSPS) is 31.8. The number of hydrogen-bond acceptors (Lipinski definition) is 6. The highest BCUT2D eigenvalue weighted by Gasteiger charge is 2.54. The zero-order valence-electron chi connectivity index (χ0n) is 15.4. The molecule has 28 heavy (non-hydrogen) atoms. The first kappa shape index (κ1) is 17.5. The maximum atomic E-state index is 12.9. The molecule has 3 saturated heterocycles. The quantitative estimate of drug-likeness (QED) is 0.710. The number of carbonyl (C=O) groups excluding carboxylic acids is 4. The Morgan fingerprint density at radius 3 is 2.57 bits per heavy atom. The molecule has 146 valence electrons. The Morgan fingerprint density at radius 2 is 1.86 bits per heavy atom. The van der Waals surface area contributed by atoms with Crippen LogP contribution in [-0.2, 0) is 16.1 Å². The van der Waals surface area contributed by atoms with Gasteiger partial charge in [-0.2, -0.15) is 0 Å². The molecule has 8 heteroatoms. The monoisotopic (exact) mass is 382 g/mol. The molecule has 1 saturated carbocycles. The molecule has 6 rings (SSSR count). The molecule has 0 spiro atoms. The second kappa shape index (κ2) is 5.96. The third-order valence-electron chi connectivity index (χ3n) is 6.74. The predicted molar refractivity (Wildman–Crippen MR) is 98.0 cm³/mol. The Kier molecular flexibility index (Phi) is 3.73. The SMILES string of the molecule is NCC12CC(CN1Cc1ccc3c(c1)C(=O)N(C1CCC(=O)NC1=O)C3=O)C2. The summed E-state index contributed by atoms with van der Waals surface area (Å²) < 4.78 is 0. The Hall–Kier alpha value is -2.58. The Labute approximate surface area is 162 Å². The lowest BCUT2D eigenvalue weighted by Crippen LogP contribution is -2.54. The maximum absolute atomic E-state index is 12.9. The van der Waals surface area contributed by atoms with E-state index in [1.807, 2.05) is 6.07 Å². The molecular weight excluding hydrogens is 360 g/mol. The highest BCUT2D eigenvalue weighted by molar-refractivity contribution is 6.23. The number of rotatable bonds is 4. The van der Waals surface area contributed by atoms with Crippen LogP contribution >= 0.6 is 0 Å². The second-order valence-corrected chi connectivity index (χ2v) is 8.41. The van der Waals surface area contributed by atoms with E-state index in [9.17, 15) is 19.2 Å². The van der Waals surface area contributed by atoms with E-state index in [-0.39, 0.29) is 24.3 Å². The van der Waals surface area contributed by atoms with Crippen molar-refractivity contribution in [1.29, 1.82) is 0 Å². The van der Waals surface area contributed by atoms with Gasteiger partial charge in [0.05, 0.1) is 11.1 Å². The molecule has 1 unspecified atom stereocenters. The first-order chi connectivity index (χ1) is 13.4. The molecular formula is C20H22N4O4. The zero-order chi connectivity index (χ0) is 19.6. The van der Waals surface area contributed by atoms with Crippen LogP contribution < -0.4 is 11.1 Å². The molecule has 4 aliphatic heterocycles. The summed E-state index contributed by atoms with van der Waals surface area (Å²) in [6.45, 7) is 2.35. The minimum atomic E-state index is -0.931. The first-order valence-electron chi connectivity index (χ1n) is 9.71. The minimum Gasteiger partial charge on any atom is -0.329 e. The van der Waals surface area contributed by atoms with E-state index < -0.39 is 23.8 Å². The van der Waals surface area contributed by atoms with Gasteiger partial charge in [0.2, 0.25) is 11.8 Å². The molecule has 0 radical (unpaired) electrons. The van der Waals surface area contributed by atoms with Crippen LogP contribution in [0, 0.1) is 5.92 Å². The molecule has 4 amide bonds. The molecule has 2 bridgehead atoms. The van der Waals surface area contributed by atoms with Crippen LogP contribution in [0.4, 0.5) is 0 Å². The van der Waals surface area contributed by atoms with Crippen molar-refractivity contribution in [2.24, 2.45) is 11.7 Å². The lowest BCUT2D eigenvalue weighted by molar-refractivity contribution is -0.136. The largest absolute Gasteiger partial charge is 0.329 e. The lowest BCUT2D eigenvalue weighted by Gasteiger charge is -2.41. The number of imide groups is 2. The second-order valence-electron chi connectivity index (χ2n) is 8.41. The van der Waals surface area contributed by atoms with Gasteiger partial charge in [-0.3, -0.25) is 34.3 Å². The molecule has 1 aromatic rings. The number of carbonyl (C=O) groups is 4. The lowest BCUT2D eigenvalue weighted by atomic mass is 9.73. The molecule has 4 heterocycles. The van der Waals surface area contributed by atoms with E-state index in [1.54, 1.807) is 12.1 Å². The zero-order valence-corrected chi connectivity index (χ0v) is 15.4. The molecule has 5 aliphatic rings. The Bertz CT molecular complexity index is 921. The van der Waals surface area contributed by atoms with Crippen LogP contribution in [0.2, 0.25) is 0 Å². The van der Waals surface area contributed by atoms with Crippen LogP contribution in [0.15, 0.2) is 18.2 Å². The van der Waals surface area contributed by atoms with Gasteiger partial charge < -0.3 is 5.73 Å². The van der Waals surface area contributed by atoms with E-state index >= 15 is 0 Å². The van der Waals surface area contributed by atoms with Crippen LogP contribution in [0.25, 0.3) is 0 Å². The number of benzene rings is 1. The van der Waals surface area contributed by atoms with Gasteiger partial charge in [-0.15, -0.1) is 0 Å². The number of amides is 4. The van der Waals surface area contributed by atoms with E-state index in [4.69, 9.17) is 5.73 Å². The van der Waals surface area contributed by atoms with Gasteiger partial charge >= 0.3 is 0 Å². The molecule has 1 aliphatic carbocycles. The highest BCUT2D eigenvalue weighted by Crippen LogP contribution is 2.50. The standard InChI is InChI=1S/C20H22N4O4/c21-10-20-6-12(7-20)9-23(20)8-11-1-2-13-14(5-11)19(28)24(18(13)27)15-3-4-16(25)22-17(15)26/h1-2,5,12,15H,3-4,6-10,21H2,(H,22,25,26). The summed E-state index contributed by atoms with van der Waals surface area (Å²) in [6.07, 6.45) is 2.55. The van der Waals surface area contributed by atoms with E-state index in [0.29, 0.717) is 30.1 Å². The summed E-state index contributed by atoms with van der Waals surface area (Å²) in [5, 5.41) is 2.21. The molecule has 1 atom stereocenters. The Morgan fingerprint density at radius 1 is 1.11 bits per heavy atom. The minimum absolute atomic E-state index is 0.0856. The average Bonchev–Trinajstić information content (AvgIpc) is 3.24. The fourth-order valence-electron chi connectivity index (χ4n) is 5.27. The van der Waals surface area contributed by atoms with Crippen LogP contribution in [0.3, 0.4) is 0 Å². The number of nitrogens with two attached hydrogens (primary N) is 1. The number of fused-ring (bicyclic) bond motifs is 2. The fourth-order valence-corrected chi connectivity index (χ4v) is 5.27. The smallest absolute Gasteiger partial charge is 0.262 e. The average molecular weight is 382 g/mol. The summed E-state index contributed by atoms with van der Waals surface area (Å²) in [7, 11) is 0. The van der Waals surface area contributed by atoms with Gasteiger partial charge in [0.15, 0.2) is 0 Å². The summed E-state index contributed by atoms with van der Waals surface area (Å²) in [5.41, 5.74) is 7.70. The van der Waals surface area contributed by atoms with Crippen molar-refractivity contribution in [3.63, 3.8) is 0 Å². The first-order valence-corrected chi connectivity index (χ1v) is 9.71. The van der Waals surface area contributed by atoms with Gasteiger partial charge in [-0.05, 0) is 42.9 Å². The summed E-state index contributed by atoms with van der Waals surface area (Å²) in [5.74, 6) is -1.19. The van der Waals surface area contributed by atoms with E-state index in [1.165, 1.54) is 0 Å². The van der Waals surface area contributed by atoms with Crippen molar-refractivity contribution < 1.29 is 19.2 Å². The molecule has 8 nitrogen and oxygen atoms in total. The van der Waals surface area contributed by atoms with Gasteiger partial charge in [0.1, 0.15) is 6.04 Å². The third kappa shape index (κ3) is 2.37. The van der Waals surface area contributed by atoms with Crippen LogP contribution in [0.5, 0.6) is 0 Å². The molecule has 0 aromatic heterocycles. The summed E-state index contributed by atoms with van der Waals surface area (Å²) in [4.78, 5) is 52.6. The van der Waals surface area contributed by atoms with Crippen molar-refractivity contribution in [3.05, 3.63) is 34.9 Å². The topological polar surface area (TPSA) is 113 Å². The van der Waals surface area contributed by atoms with Crippen molar-refractivity contribution in [2.75, 3.05) is 13.1 Å².